The lowest BCUT2D eigenvalue weighted by Crippen LogP contribution is -2.45. The second kappa shape index (κ2) is 11.5. The first-order valence-electron chi connectivity index (χ1n) is 11.5. The molecule has 3 aromatic carbocycles. The molecule has 1 fully saturated rings. The molecule has 1 saturated heterocycles. The highest BCUT2D eigenvalue weighted by Crippen LogP contribution is 2.19. The van der Waals surface area contributed by atoms with E-state index in [-0.39, 0.29) is 17.8 Å². The molecule has 8 heteroatoms. The van der Waals surface area contributed by atoms with Crippen LogP contribution in [-0.4, -0.2) is 53.8 Å². The van der Waals surface area contributed by atoms with Crippen LogP contribution in [-0.2, 0) is 4.79 Å². The minimum atomic E-state index is -0.821. The molecule has 3 aromatic rings. The highest BCUT2D eigenvalue weighted by Gasteiger charge is 2.30. The van der Waals surface area contributed by atoms with Gasteiger partial charge in [0, 0.05) is 42.5 Å². The first kappa shape index (κ1) is 24.3. The van der Waals surface area contributed by atoms with Crippen LogP contribution < -0.4 is 10.6 Å². The van der Waals surface area contributed by atoms with Crippen LogP contribution in [0.5, 0.6) is 0 Å². The molecule has 4 amide bonds. The average Bonchev–Trinajstić information content (AvgIpc) is 3.16. The van der Waals surface area contributed by atoms with Crippen LogP contribution in [0.15, 0.2) is 84.9 Å². The fraction of sp³-hybridized carbons (Fsp3) is 0.222. The Kier molecular flexibility index (Phi) is 8.00. The van der Waals surface area contributed by atoms with Crippen LogP contribution in [0.3, 0.4) is 0 Å². The lowest BCUT2D eigenvalue weighted by atomic mass is 10.0. The summed E-state index contributed by atoms with van der Waals surface area (Å²) in [5, 5.41) is 6.37. The van der Waals surface area contributed by atoms with E-state index in [1.54, 1.807) is 58.3 Å². The van der Waals surface area contributed by atoms with Crippen molar-refractivity contribution in [2.24, 2.45) is 0 Å². The maximum absolute atomic E-state index is 13.6. The van der Waals surface area contributed by atoms with Crippen molar-refractivity contribution in [1.29, 1.82) is 0 Å². The molecule has 2 N–H and O–H groups in total. The van der Waals surface area contributed by atoms with Crippen molar-refractivity contribution in [3.63, 3.8) is 0 Å². The molecule has 0 radical (unpaired) electrons. The van der Waals surface area contributed by atoms with Gasteiger partial charge in [-0.05, 0) is 48.4 Å². The smallest absolute Gasteiger partial charge is 0.321 e. The fourth-order valence-electron chi connectivity index (χ4n) is 4.00. The molecular formula is C27H27ClN4O3. The standard InChI is InChI=1S/C27H27ClN4O3/c28-22-12-14-23(15-13-22)29-27(35)32-17-7-16-31(18-19-32)26(34)24(20-8-3-1-4-9-20)30-25(33)21-10-5-2-6-11-21/h1-6,8-15,24H,7,16-19H2,(H,29,35)(H,30,33). The number of halogens is 1. The van der Waals surface area contributed by atoms with E-state index in [0.717, 1.165) is 0 Å². The monoisotopic (exact) mass is 490 g/mol. The van der Waals surface area contributed by atoms with Crippen molar-refractivity contribution < 1.29 is 14.4 Å². The molecule has 1 heterocycles. The summed E-state index contributed by atoms with van der Waals surface area (Å²) in [4.78, 5) is 42.6. The molecule has 7 nitrogen and oxygen atoms in total. The Hall–Kier alpha value is -3.84. The van der Waals surface area contributed by atoms with Gasteiger partial charge >= 0.3 is 6.03 Å². The second-order valence-corrected chi connectivity index (χ2v) is 8.72. The number of anilines is 1. The first-order valence-corrected chi connectivity index (χ1v) is 11.9. The third-order valence-corrected chi connectivity index (χ3v) is 6.13. The van der Waals surface area contributed by atoms with E-state index < -0.39 is 6.04 Å². The van der Waals surface area contributed by atoms with Gasteiger partial charge in [0.2, 0.25) is 5.91 Å². The number of nitrogens with zero attached hydrogens (tertiary/aromatic N) is 2. The Balaban J connectivity index is 1.44. The zero-order valence-corrected chi connectivity index (χ0v) is 19.9. The Bertz CT molecular complexity index is 1160. The van der Waals surface area contributed by atoms with Gasteiger partial charge in [0.25, 0.3) is 5.91 Å². The Morgan fingerprint density at radius 2 is 1.34 bits per heavy atom. The van der Waals surface area contributed by atoms with Crippen molar-refractivity contribution in [2.75, 3.05) is 31.5 Å². The number of carbonyl (C=O) groups is 3. The Morgan fingerprint density at radius 3 is 2.03 bits per heavy atom. The third-order valence-electron chi connectivity index (χ3n) is 5.88. The summed E-state index contributed by atoms with van der Waals surface area (Å²) < 4.78 is 0. The predicted molar refractivity (Wildman–Crippen MR) is 136 cm³/mol. The van der Waals surface area contributed by atoms with E-state index >= 15 is 0 Å². The fourth-order valence-corrected chi connectivity index (χ4v) is 4.12. The molecule has 0 saturated carbocycles. The summed E-state index contributed by atoms with van der Waals surface area (Å²) in [6.07, 6.45) is 0.633. The van der Waals surface area contributed by atoms with Crippen LogP contribution in [0.4, 0.5) is 10.5 Å². The molecule has 1 atom stereocenters. The van der Waals surface area contributed by atoms with Crippen LogP contribution in [0.25, 0.3) is 0 Å². The molecule has 0 aliphatic carbocycles. The van der Waals surface area contributed by atoms with E-state index in [4.69, 9.17) is 11.6 Å². The number of carbonyl (C=O) groups excluding carboxylic acids is 3. The number of benzene rings is 3. The van der Waals surface area contributed by atoms with Crippen LogP contribution in [0.1, 0.15) is 28.4 Å². The molecule has 4 rings (SSSR count). The molecule has 35 heavy (non-hydrogen) atoms. The third kappa shape index (κ3) is 6.39. The molecule has 0 bridgehead atoms. The molecule has 1 aliphatic rings. The topological polar surface area (TPSA) is 81.8 Å². The Labute approximate surface area is 209 Å². The number of rotatable bonds is 5. The van der Waals surface area contributed by atoms with E-state index in [2.05, 4.69) is 10.6 Å². The molecule has 0 aromatic heterocycles. The van der Waals surface area contributed by atoms with E-state index in [1.165, 1.54) is 0 Å². The number of amides is 4. The number of hydrogen-bond acceptors (Lipinski definition) is 3. The van der Waals surface area contributed by atoms with Crippen molar-refractivity contribution in [1.82, 2.24) is 15.1 Å². The SMILES string of the molecule is O=C(NC(C(=O)N1CCCN(C(=O)Nc2ccc(Cl)cc2)CC1)c1ccccc1)c1ccccc1. The largest absolute Gasteiger partial charge is 0.339 e. The molecular weight excluding hydrogens is 464 g/mol. The maximum Gasteiger partial charge on any atom is 0.321 e. The van der Waals surface area contributed by atoms with Gasteiger partial charge in [0.15, 0.2) is 0 Å². The van der Waals surface area contributed by atoms with Crippen molar-refractivity contribution in [3.05, 3.63) is 101 Å². The van der Waals surface area contributed by atoms with E-state index in [1.807, 2.05) is 36.4 Å². The summed E-state index contributed by atoms with van der Waals surface area (Å²) in [5.74, 6) is -0.507. The average molecular weight is 491 g/mol. The normalized spacial score (nSPS) is 14.5. The maximum atomic E-state index is 13.6. The van der Waals surface area contributed by atoms with Gasteiger partial charge in [-0.25, -0.2) is 4.79 Å². The summed E-state index contributed by atoms with van der Waals surface area (Å²) in [6.45, 7) is 1.78. The van der Waals surface area contributed by atoms with Crippen molar-refractivity contribution >= 4 is 35.1 Å². The van der Waals surface area contributed by atoms with E-state index in [0.29, 0.717) is 54.4 Å². The molecule has 1 aliphatic heterocycles. The van der Waals surface area contributed by atoms with Gasteiger partial charge < -0.3 is 20.4 Å². The molecule has 0 spiro atoms. The zero-order valence-electron chi connectivity index (χ0n) is 19.2. The van der Waals surface area contributed by atoms with Crippen molar-refractivity contribution in [2.45, 2.75) is 12.5 Å². The van der Waals surface area contributed by atoms with Gasteiger partial charge in [-0.1, -0.05) is 60.1 Å². The lowest BCUT2D eigenvalue weighted by Gasteiger charge is -2.27. The summed E-state index contributed by atoms with van der Waals surface area (Å²) >= 11 is 5.91. The minimum absolute atomic E-state index is 0.194. The molecule has 1 unspecified atom stereocenters. The van der Waals surface area contributed by atoms with Gasteiger partial charge in [-0.3, -0.25) is 9.59 Å². The van der Waals surface area contributed by atoms with Gasteiger partial charge in [-0.15, -0.1) is 0 Å². The van der Waals surface area contributed by atoms with Gasteiger partial charge in [0.05, 0.1) is 0 Å². The van der Waals surface area contributed by atoms with Crippen molar-refractivity contribution in [3.8, 4) is 0 Å². The second-order valence-electron chi connectivity index (χ2n) is 8.29. The predicted octanol–water partition coefficient (Wildman–Crippen LogP) is 4.58. The lowest BCUT2D eigenvalue weighted by molar-refractivity contribution is -0.133. The van der Waals surface area contributed by atoms with E-state index in [9.17, 15) is 14.4 Å². The number of urea groups is 1. The summed E-state index contributed by atoms with van der Waals surface area (Å²) in [7, 11) is 0. The number of hydrogen-bond donors (Lipinski definition) is 2. The van der Waals surface area contributed by atoms with Crippen LogP contribution in [0.2, 0.25) is 5.02 Å². The zero-order chi connectivity index (χ0) is 24.6. The van der Waals surface area contributed by atoms with Crippen LogP contribution >= 0.6 is 11.6 Å². The minimum Gasteiger partial charge on any atom is -0.339 e. The summed E-state index contributed by atoms with van der Waals surface area (Å²) in [5.41, 5.74) is 1.86. The summed E-state index contributed by atoms with van der Waals surface area (Å²) in [6, 6.07) is 23.9. The van der Waals surface area contributed by atoms with Gasteiger partial charge in [0.1, 0.15) is 6.04 Å². The highest BCUT2D eigenvalue weighted by atomic mass is 35.5. The first-order chi connectivity index (χ1) is 17.0. The quantitative estimate of drug-likeness (QED) is 0.549. The highest BCUT2D eigenvalue weighted by molar-refractivity contribution is 6.30. The van der Waals surface area contributed by atoms with Gasteiger partial charge in [-0.2, -0.15) is 0 Å². The van der Waals surface area contributed by atoms with Crippen LogP contribution in [0, 0.1) is 0 Å². The number of nitrogens with one attached hydrogen (secondary N) is 2. The Morgan fingerprint density at radius 1 is 0.743 bits per heavy atom. The molecule has 180 valence electrons.